The summed E-state index contributed by atoms with van der Waals surface area (Å²) in [6.07, 6.45) is 0.779. The van der Waals surface area contributed by atoms with E-state index in [1.807, 2.05) is 48.5 Å². The van der Waals surface area contributed by atoms with Crippen LogP contribution in [0.25, 0.3) is 0 Å². The molecule has 3 aromatic carbocycles. The highest BCUT2D eigenvalue weighted by atomic mass is 35.5. The predicted molar refractivity (Wildman–Crippen MR) is 166 cm³/mol. The van der Waals surface area contributed by atoms with Gasteiger partial charge in [0.05, 0.1) is 27.5 Å². The van der Waals surface area contributed by atoms with Crippen LogP contribution in [0.1, 0.15) is 28.3 Å². The number of thiazole rings is 1. The zero-order valence-corrected chi connectivity index (χ0v) is 25.3. The topological polar surface area (TPSA) is 123 Å². The lowest BCUT2D eigenvalue weighted by Gasteiger charge is -2.43. The molecule has 6 unspecified atom stereocenters. The van der Waals surface area contributed by atoms with Gasteiger partial charge in [0.1, 0.15) is 12.4 Å². The number of imide groups is 1. The van der Waals surface area contributed by atoms with Gasteiger partial charge in [0.2, 0.25) is 11.8 Å². The first kappa shape index (κ1) is 27.6. The van der Waals surface area contributed by atoms with Gasteiger partial charge in [0.25, 0.3) is 5.69 Å². The lowest BCUT2D eigenvalue weighted by molar-refractivity contribution is -0.384. The summed E-state index contributed by atoms with van der Waals surface area (Å²) in [4.78, 5) is 56.0. The summed E-state index contributed by atoms with van der Waals surface area (Å²) < 4.78 is 6.02. The third kappa shape index (κ3) is 4.24. The largest absolute Gasteiger partial charge is 0.489 e. The number of thioether (sulfide) groups is 1. The van der Waals surface area contributed by atoms with Crippen molar-refractivity contribution in [2.75, 3.05) is 4.90 Å². The van der Waals surface area contributed by atoms with E-state index >= 15 is 0 Å². The number of ether oxygens (including phenoxy) is 1. The summed E-state index contributed by atoms with van der Waals surface area (Å²) in [5, 5.41) is 12.7. The number of anilines is 1. The van der Waals surface area contributed by atoms with E-state index in [2.05, 4.69) is 4.98 Å². The number of non-ortho nitro benzene ring substituents is 1. The lowest BCUT2D eigenvalue weighted by Crippen LogP contribution is -2.42. The summed E-state index contributed by atoms with van der Waals surface area (Å²) in [7, 11) is 0. The number of halogens is 1. The molecule has 1 saturated heterocycles. The average molecular weight is 646 g/mol. The molecule has 9 nitrogen and oxygen atoms in total. The van der Waals surface area contributed by atoms with Crippen molar-refractivity contribution in [3.05, 3.63) is 114 Å². The average Bonchev–Trinajstić information content (AvgIpc) is 3.76. The predicted octanol–water partition coefficient (Wildman–Crippen LogP) is 6.25. The van der Waals surface area contributed by atoms with Crippen LogP contribution in [0.5, 0.6) is 5.75 Å². The summed E-state index contributed by atoms with van der Waals surface area (Å²) in [5.41, 5.74) is 2.32. The molecule has 2 aliphatic heterocycles. The second-order valence-corrected chi connectivity index (χ2v) is 14.4. The van der Waals surface area contributed by atoms with Crippen molar-refractivity contribution >= 4 is 57.9 Å². The van der Waals surface area contributed by atoms with Crippen LogP contribution in [0.4, 0.5) is 11.4 Å². The zero-order chi connectivity index (χ0) is 30.3. The van der Waals surface area contributed by atoms with Crippen molar-refractivity contribution in [1.82, 2.24) is 4.98 Å². The highest BCUT2D eigenvalue weighted by Crippen LogP contribution is 2.68. The molecule has 2 aliphatic carbocycles. The Morgan fingerprint density at radius 2 is 1.61 bits per heavy atom. The normalized spacial score (nSPS) is 28.1. The monoisotopic (exact) mass is 645 g/mol. The van der Waals surface area contributed by atoms with E-state index in [4.69, 9.17) is 16.3 Å². The Hall–Kier alpha value is -3.93. The molecule has 7 atom stereocenters. The van der Waals surface area contributed by atoms with Crippen molar-refractivity contribution in [3.63, 3.8) is 0 Å². The molecular weight excluding hydrogens is 622 g/mol. The van der Waals surface area contributed by atoms with Gasteiger partial charge in [-0.1, -0.05) is 47.2 Å². The summed E-state index contributed by atoms with van der Waals surface area (Å²) >= 11 is 8.85. The SMILES string of the molecule is O=C1C2C3CC(C2C(=O)N1c1ccc([N+](=O)[O-])cc1)C1C3Sc2[nH]c(=O)sc2[C@@H]1c1ccc(OCc2ccc(Cl)cc2)cc1. The van der Waals surface area contributed by atoms with Crippen molar-refractivity contribution in [1.29, 1.82) is 0 Å². The molecule has 1 aromatic heterocycles. The number of nitrogens with zero attached hydrogens (tertiary/aromatic N) is 2. The highest BCUT2D eigenvalue weighted by Gasteiger charge is 2.69. The fraction of sp³-hybridized carbons (Fsp3) is 0.281. The third-order valence-electron chi connectivity index (χ3n) is 9.60. The standard InChI is InChI=1S/C32H24ClN3O6S2/c33-17-5-1-15(2-6-17)14-42-20-11-3-16(4-12-20)23-24-21-13-22(27(24)43-29-28(23)44-32(39)34-29)26-25(21)30(37)35(31(26)38)18-7-9-19(10-8-18)36(40)41/h1-12,21-27H,13-14H2,(H,34,39)/t21?,22?,23-,24?,25?,26?,27?/m1/s1. The Labute approximate surface area is 264 Å². The molecule has 44 heavy (non-hydrogen) atoms. The lowest BCUT2D eigenvalue weighted by atomic mass is 9.68. The van der Waals surface area contributed by atoms with Gasteiger partial charge < -0.3 is 9.72 Å². The number of fused-ring (bicyclic) bond motifs is 9. The molecule has 12 heteroatoms. The number of hydrogen-bond acceptors (Lipinski definition) is 8. The van der Waals surface area contributed by atoms with Gasteiger partial charge in [0.15, 0.2) is 0 Å². The third-order valence-corrected chi connectivity index (χ3v) is 12.4. The van der Waals surface area contributed by atoms with Crippen LogP contribution in [-0.2, 0) is 16.2 Å². The van der Waals surface area contributed by atoms with E-state index in [-0.39, 0.29) is 51.3 Å². The van der Waals surface area contributed by atoms with Gasteiger partial charge >= 0.3 is 4.87 Å². The number of aromatic nitrogens is 1. The molecular formula is C32H24ClN3O6S2. The van der Waals surface area contributed by atoms with Crippen LogP contribution in [0.15, 0.2) is 82.6 Å². The van der Waals surface area contributed by atoms with Gasteiger partial charge in [0, 0.05) is 33.2 Å². The number of carbonyl (C=O) groups is 2. The van der Waals surface area contributed by atoms with E-state index < -0.39 is 16.8 Å². The van der Waals surface area contributed by atoms with E-state index in [1.54, 1.807) is 11.8 Å². The maximum Gasteiger partial charge on any atom is 0.305 e. The van der Waals surface area contributed by atoms with E-state index in [0.717, 1.165) is 33.2 Å². The van der Waals surface area contributed by atoms with Gasteiger partial charge in [-0.05, 0) is 71.7 Å². The molecule has 2 saturated carbocycles. The minimum atomic E-state index is -0.504. The van der Waals surface area contributed by atoms with Crippen molar-refractivity contribution in [2.45, 2.75) is 29.2 Å². The molecule has 2 amide bonds. The maximum absolute atomic E-state index is 13.9. The smallest absolute Gasteiger partial charge is 0.305 e. The number of amides is 2. The summed E-state index contributed by atoms with van der Waals surface area (Å²) in [5.74, 6) is -0.711. The van der Waals surface area contributed by atoms with Crippen LogP contribution in [0.2, 0.25) is 5.02 Å². The fourth-order valence-corrected chi connectivity index (χ4v) is 10.9. The molecule has 0 radical (unpaired) electrons. The number of nitro groups is 1. The van der Waals surface area contributed by atoms with Crippen molar-refractivity contribution in [2.24, 2.45) is 29.6 Å². The minimum Gasteiger partial charge on any atom is -0.489 e. The van der Waals surface area contributed by atoms with E-state index in [1.165, 1.54) is 40.5 Å². The highest BCUT2D eigenvalue weighted by molar-refractivity contribution is 8.00. The first-order valence-corrected chi connectivity index (χ1v) is 16.3. The Balaban J connectivity index is 1.10. The van der Waals surface area contributed by atoms with Gasteiger partial charge in [-0.2, -0.15) is 0 Å². The number of carbonyl (C=O) groups excluding carboxylic acids is 2. The summed E-state index contributed by atoms with van der Waals surface area (Å²) in [6, 6.07) is 21.0. The molecule has 4 aliphatic rings. The van der Waals surface area contributed by atoms with Gasteiger partial charge in [-0.25, -0.2) is 0 Å². The molecule has 8 rings (SSSR count). The molecule has 4 aromatic rings. The quantitative estimate of drug-likeness (QED) is 0.149. The minimum absolute atomic E-state index is 0.0134. The Kier molecular flexibility index (Phi) is 6.48. The van der Waals surface area contributed by atoms with E-state index in [0.29, 0.717) is 17.3 Å². The van der Waals surface area contributed by atoms with Crippen LogP contribution in [-0.4, -0.2) is 27.0 Å². The fourth-order valence-electron chi connectivity index (χ4n) is 7.89. The number of nitrogens with one attached hydrogen (secondary N) is 1. The van der Waals surface area contributed by atoms with E-state index in [9.17, 15) is 24.5 Å². The number of benzene rings is 3. The Bertz CT molecular complexity index is 1870. The zero-order valence-electron chi connectivity index (χ0n) is 22.9. The van der Waals surface area contributed by atoms with Crippen molar-refractivity contribution < 1.29 is 19.2 Å². The number of aromatic amines is 1. The Morgan fingerprint density at radius 1 is 0.932 bits per heavy atom. The molecule has 1 N–H and O–H groups in total. The molecule has 2 bridgehead atoms. The van der Waals surface area contributed by atoms with Crippen molar-refractivity contribution in [3.8, 4) is 5.75 Å². The van der Waals surface area contributed by atoms with Crippen LogP contribution < -0.4 is 14.5 Å². The second-order valence-electron chi connectivity index (χ2n) is 11.7. The molecule has 3 heterocycles. The number of nitro benzene ring substituents is 1. The number of hydrogen-bond donors (Lipinski definition) is 1. The first-order valence-electron chi connectivity index (χ1n) is 14.3. The van der Waals surface area contributed by atoms with Crippen LogP contribution in [0.3, 0.4) is 0 Å². The van der Waals surface area contributed by atoms with Crippen LogP contribution >= 0.6 is 34.7 Å². The molecule has 0 spiro atoms. The first-order chi connectivity index (χ1) is 21.3. The number of H-pyrrole nitrogens is 1. The summed E-state index contributed by atoms with van der Waals surface area (Å²) in [6.45, 7) is 0.402. The second kappa shape index (κ2) is 10.3. The van der Waals surface area contributed by atoms with Crippen LogP contribution in [0, 0.1) is 39.7 Å². The maximum atomic E-state index is 13.9. The van der Waals surface area contributed by atoms with Gasteiger partial charge in [-0.3, -0.25) is 29.4 Å². The Morgan fingerprint density at radius 3 is 2.30 bits per heavy atom. The molecule has 3 fully saturated rings. The molecule has 222 valence electrons. The van der Waals surface area contributed by atoms with Gasteiger partial charge in [-0.15, -0.1) is 11.8 Å². The number of rotatable bonds is 6.